The predicted octanol–water partition coefficient (Wildman–Crippen LogP) is 0.559. The Labute approximate surface area is 97.6 Å². The van der Waals surface area contributed by atoms with Gasteiger partial charge in [-0.05, 0) is 6.07 Å². The van der Waals surface area contributed by atoms with E-state index in [-0.39, 0.29) is 12.5 Å². The van der Waals surface area contributed by atoms with Crippen LogP contribution in [-0.2, 0) is 4.79 Å². The topological polar surface area (TPSA) is 77.8 Å². The molecule has 1 aromatic carbocycles. The van der Waals surface area contributed by atoms with E-state index in [1.54, 1.807) is 24.3 Å². The second-order valence-corrected chi connectivity index (χ2v) is 3.76. The van der Waals surface area contributed by atoms with Gasteiger partial charge in [0.25, 0.3) is 5.91 Å². The molecule has 5 nitrogen and oxygen atoms in total. The Balaban J connectivity index is 2.27. The zero-order valence-electron chi connectivity index (χ0n) is 8.96. The van der Waals surface area contributed by atoms with Gasteiger partial charge in [0.15, 0.2) is 6.10 Å². The first-order valence-corrected chi connectivity index (χ1v) is 5.03. The smallest absolute Gasteiger partial charge is 0.334 e. The number of carboxylic acid groups (broad SMARTS) is 1. The summed E-state index contributed by atoms with van der Waals surface area (Å²) in [6.45, 7) is 3.45. The fourth-order valence-corrected chi connectivity index (χ4v) is 1.78. The average molecular weight is 233 g/mol. The van der Waals surface area contributed by atoms with E-state index in [4.69, 9.17) is 5.11 Å². The van der Waals surface area contributed by atoms with Crippen LogP contribution in [0.25, 0.3) is 5.70 Å². The van der Waals surface area contributed by atoms with Crippen molar-refractivity contribution in [1.82, 2.24) is 4.90 Å². The third kappa shape index (κ3) is 1.81. The van der Waals surface area contributed by atoms with E-state index in [0.717, 1.165) is 0 Å². The molecule has 2 rings (SSSR count). The molecular weight excluding hydrogens is 222 g/mol. The zero-order chi connectivity index (χ0) is 12.6. The molecule has 1 atom stereocenters. The average Bonchev–Trinajstić information content (AvgIpc) is 2.55. The summed E-state index contributed by atoms with van der Waals surface area (Å²) in [6.07, 6.45) is -1.61. The van der Waals surface area contributed by atoms with Gasteiger partial charge in [-0.1, -0.05) is 24.8 Å². The van der Waals surface area contributed by atoms with Gasteiger partial charge in [-0.3, -0.25) is 4.79 Å². The highest BCUT2D eigenvalue weighted by Gasteiger charge is 2.33. The van der Waals surface area contributed by atoms with Gasteiger partial charge in [-0.15, -0.1) is 0 Å². The third-order valence-corrected chi connectivity index (χ3v) is 2.68. The molecule has 88 valence electrons. The minimum atomic E-state index is -1.61. The van der Waals surface area contributed by atoms with Crippen LogP contribution in [0.3, 0.4) is 0 Å². The SMILES string of the molecule is C=C1c2ccccc2C(=O)N1CC(O)C(=O)O. The summed E-state index contributed by atoms with van der Waals surface area (Å²) < 4.78 is 0. The van der Waals surface area contributed by atoms with E-state index in [1.807, 2.05) is 0 Å². The van der Waals surface area contributed by atoms with Crippen LogP contribution in [0.4, 0.5) is 0 Å². The number of nitrogens with zero attached hydrogens (tertiary/aromatic N) is 1. The molecule has 1 aliphatic heterocycles. The van der Waals surface area contributed by atoms with Gasteiger partial charge in [-0.2, -0.15) is 0 Å². The Morgan fingerprint density at radius 1 is 1.35 bits per heavy atom. The lowest BCUT2D eigenvalue weighted by atomic mass is 10.1. The molecule has 2 N–H and O–H groups in total. The Morgan fingerprint density at radius 3 is 2.47 bits per heavy atom. The fourth-order valence-electron chi connectivity index (χ4n) is 1.78. The molecule has 0 aromatic heterocycles. The molecule has 0 fully saturated rings. The van der Waals surface area contributed by atoms with Crippen molar-refractivity contribution in [3.8, 4) is 0 Å². The summed E-state index contributed by atoms with van der Waals surface area (Å²) in [5.41, 5.74) is 1.58. The maximum atomic E-state index is 11.9. The lowest BCUT2D eigenvalue weighted by Gasteiger charge is -2.18. The lowest BCUT2D eigenvalue weighted by molar-refractivity contribution is -0.146. The van der Waals surface area contributed by atoms with Crippen LogP contribution in [-0.4, -0.2) is 39.6 Å². The molecule has 5 heteroatoms. The minimum absolute atomic E-state index is 0.290. The van der Waals surface area contributed by atoms with Crippen LogP contribution in [0.5, 0.6) is 0 Å². The standard InChI is InChI=1S/C12H11NO4/c1-7-8-4-2-3-5-9(8)11(15)13(7)6-10(14)12(16)17/h2-5,10,14H,1,6H2,(H,16,17). The number of aliphatic hydroxyl groups excluding tert-OH is 1. The Bertz CT molecular complexity index is 474. The van der Waals surface area contributed by atoms with E-state index >= 15 is 0 Å². The zero-order valence-corrected chi connectivity index (χ0v) is 8.96. The van der Waals surface area contributed by atoms with Gasteiger partial charge >= 0.3 is 5.97 Å². The van der Waals surface area contributed by atoms with Crippen molar-refractivity contribution >= 4 is 17.6 Å². The molecule has 17 heavy (non-hydrogen) atoms. The number of aliphatic hydroxyl groups is 1. The van der Waals surface area contributed by atoms with Crippen LogP contribution >= 0.6 is 0 Å². The minimum Gasteiger partial charge on any atom is -0.479 e. The summed E-state index contributed by atoms with van der Waals surface area (Å²) >= 11 is 0. The van der Waals surface area contributed by atoms with Crippen LogP contribution in [0.1, 0.15) is 15.9 Å². The van der Waals surface area contributed by atoms with Crippen molar-refractivity contribution in [2.45, 2.75) is 6.10 Å². The number of carbonyl (C=O) groups excluding carboxylic acids is 1. The van der Waals surface area contributed by atoms with Crippen molar-refractivity contribution < 1.29 is 19.8 Å². The molecule has 0 saturated carbocycles. The monoisotopic (exact) mass is 233 g/mol. The molecule has 1 amide bonds. The van der Waals surface area contributed by atoms with E-state index in [9.17, 15) is 14.7 Å². The third-order valence-electron chi connectivity index (χ3n) is 2.68. The van der Waals surface area contributed by atoms with E-state index in [0.29, 0.717) is 16.8 Å². The van der Waals surface area contributed by atoms with Gasteiger partial charge in [-0.25, -0.2) is 4.79 Å². The molecule has 0 bridgehead atoms. The molecule has 0 aliphatic carbocycles. The second kappa shape index (κ2) is 4.03. The van der Waals surface area contributed by atoms with Gasteiger partial charge in [0.1, 0.15) is 0 Å². The lowest BCUT2D eigenvalue weighted by Crippen LogP contribution is -2.36. The molecule has 1 aromatic rings. The number of hydrogen-bond donors (Lipinski definition) is 2. The number of β-amino-alcohol motifs (C(OH)–C–C–N with tert-alkyl or cyclic N) is 1. The van der Waals surface area contributed by atoms with Gasteiger partial charge in [0, 0.05) is 16.8 Å². The number of aliphatic carboxylic acids is 1. The predicted molar refractivity (Wildman–Crippen MR) is 60.2 cm³/mol. The summed E-state index contributed by atoms with van der Waals surface area (Å²) in [4.78, 5) is 23.7. The number of carboxylic acids is 1. The molecule has 1 unspecified atom stereocenters. The van der Waals surface area contributed by atoms with E-state index < -0.39 is 12.1 Å². The van der Waals surface area contributed by atoms with Crippen molar-refractivity contribution in [3.05, 3.63) is 42.0 Å². The number of rotatable bonds is 3. The summed E-state index contributed by atoms with van der Waals surface area (Å²) in [5.74, 6) is -1.69. The summed E-state index contributed by atoms with van der Waals surface area (Å²) in [5, 5.41) is 17.9. The van der Waals surface area contributed by atoms with Crippen molar-refractivity contribution in [3.63, 3.8) is 0 Å². The highest BCUT2D eigenvalue weighted by molar-refractivity contribution is 6.08. The molecular formula is C12H11NO4. The van der Waals surface area contributed by atoms with E-state index in [1.165, 1.54) is 4.90 Å². The quantitative estimate of drug-likeness (QED) is 0.799. The highest BCUT2D eigenvalue weighted by Crippen LogP contribution is 2.30. The fraction of sp³-hybridized carbons (Fsp3) is 0.167. The largest absolute Gasteiger partial charge is 0.479 e. The van der Waals surface area contributed by atoms with Crippen LogP contribution in [0.2, 0.25) is 0 Å². The van der Waals surface area contributed by atoms with Crippen LogP contribution in [0, 0.1) is 0 Å². The summed E-state index contributed by atoms with van der Waals surface area (Å²) in [6, 6.07) is 6.88. The first kappa shape index (κ1) is 11.3. The molecule has 1 heterocycles. The van der Waals surface area contributed by atoms with Gasteiger partial charge in [0.05, 0.1) is 6.54 Å². The maximum absolute atomic E-state index is 11.9. The molecule has 0 spiro atoms. The molecule has 0 saturated heterocycles. The second-order valence-electron chi connectivity index (χ2n) is 3.76. The Morgan fingerprint density at radius 2 is 1.94 bits per heavy atom. The maximum Gasteiger partial charge on any atom is 0.334 e. The van der Waals surface area contributed by atoms with Crippen molar-refractivity contribution in [2.75, 3.05) is 6.54 Å². The van der Waals surface area contributed by atoms with E-state index in [2.05, 4.69) is 6.58 Å². The van der Waals surface area contributed by atoms with Crippen molar-refractivity contribution in [2.24, 2.45) is 0 Å². The van der Waals surface area contributed by atoms with Crippen LogP contribution in [0.15, 0.2) is 30.8 Å². The summed E-state index contributed by atoms with van der Waals surface area (Å²) in [7, 11) is 0. The first-order valence-electron chi connectivity index (χ1n) is 5.03. The highest BCUT2D eigenvalue weighted by atomic mass is 16.4. The van der Waals surface area contributed by atoms with Gasteiger partial charge < -0.3 is 15.1 Å². The van der Waals surface area contributed by atoms with Crippen LogP contribution < -0.4 is 0 Å². The Hall–Kier alpha value is -2.14. The Kier molecular flexibility index (Phi) is 2.69. The molecule has 1 aliphatic rings. The first-order chi connectivity index (χ1) is 8.02. The number of carbonyl (C=O) groups is 2. The number of hydrogen-bond acceptors (Lipinski definition) is 3. The number of fused-ring (bicyclic) bond motifs is 1. The molecule has 0 radical (unpaired) electrons. The number of benzene rings is 1. The normalized spacial score (nSPS) is 15.9. The van der Waals surface area contributed by atoms with Crippen molar-refractivity contribution in [1.29, 1.82) is 0 Å². The number of amides is 1. The van der Waals surface area contributed by atoms with Gasteiger partial charge in [0.2, 0.25) is 0 Å².